The number of pyridine rings is 1. The summed E-state index contributed by atoms with van der Waals surface area (Å²) in [5.41, 5.74) is 2.59. The predicted molar refractivity (Wildman–Crippen MR) is 75.4 cm³/mol. The SMILES string of the molecule is NNc1ccc(Cl)c(C(=O)NC2CCOC2C2CC2)n1. The molecule has 2 unspecified atom stereocenters. The van der Waals surface area contributed by atoms with E-state index in [1.165, 1.54) is 12.8 Å². The number of nitrogens with two attached hydrogens (primary N) is 1. The van der Waals surface area contributed by atoms with Gasteiger partial charge in [-0.15, -0.1) is 0 Å². The molecule has 2 atom stereocenters. The van der Waals surface area contributed by atoms with Crippen molar-refractivity contribution >= 4 is 23.3 Å². The van der Waals surface area contributed by atoms with E-state index in [-0.39, 0.29) is 23.7 Å². The van der Waals surface area contributed by atoms with Crippen molar-refractivity contribution in [2.75, 3.05) is 12.0 Å². The Hall–Kier alpha value is -1.37. The third-order valence-corrected chi connectivity index (χ3v) is 4.05. The summed E-state index contributed by atoms with van der Waals surface area (Å²) >= 11 is 6.02. The van der Waals surface area contributed by atoms with Gasteiger partial charge in [-0.1, -0.05) is 11.6 Å². The molecule has 1 aromatic heterocycles. The van der Waals surface area contributed by atoms with Crippen molar-refractivity contribution < 1.29 is 9.53 Å². The van der Waals surface area contributed by atoms with Crippen LogP contribution in [-0.4, -0.2) is 29.6 Å². The highest BCUT2D eigenvalue weighted by atomic mass is 35.5. The van der Waals surface area contributed by atoms with Crippen molar-refractivity contribution in [1.82, 2.24) is 10.3 Å². The molecule has 0 bridgehead atoms. The number of nitrogens with zero attached hydrogens (tertiary/aromatic N) is 1. The Bertz CT molecular complexity index is 521. The summed E-state index contributed by atoms with van der Waals surface area (Å²) in [5.74, 6) is 6.00. The monoisotopic (exact) mass is 296 g/mol. The van der Waals surface area contributed by atoms with E-state index >= 15 is 0 Å². The quantitative estimate of drug-likeness (QED) is 0.576. The molecule has 20 heavy (non-hydrogen) atoms. The number of ether oxygens (including phenoxy) is 1. The third-order valence-electron chi connectivity index (χ3n) is 3.75. The Morgan fingerprint density at radius 2 is 2.20 bits per heavy atom. The van der Waals surface area contributed by atoms with Crippen LogP contribution in [0.5, 0.6) is 0 Å². The van der Waals surface area contributed by atoms with Crippen LogP contribution in [0.2, 0.25) is 5.02 Å². The summed E-state index contributed by atoms with van der Waals surface area (Å²) < 4.78 is 5.70. The maximum atomic E-state index is 12.3. The molecule has 3 rings (SSSR count). The van der Waals surface area contributed by atoms with Gasteiger partial charge < -0.3 is 15.5 Å². The number of hydrazine groups is 1. The highest BCUT2D eigenvalue weighted by Crippen LogP contribution is 2.38. The van der Waals surface area contributed by atoms with E-state index in [1.54, 1.807) is 12.1 Å². The molecule has 0 radical (unpaired) electrons. The molecular formula is C13H17ClN4O2. The molecule has 7 heteroatoms. The lowest BCUT2D eigenvalue weighted by molar-refractivity contribution is 0.0727. The average Bonchev–Trinajstić information content (AvgIpc) is 3.20. The summed E-state index contributed by atoms with van der Waals surface area (Å²) in [7, 11) is 0. The standard InChI is InChI=1S/C13H17ClN4O2/c14-8-3-4-10(18-15)17-11(8)13(19)16-9-5-6-20-12(9)7-1-2-7/h3-4,7,9,12H,1-2,5-6,15H2,(H,16,19)(H,17,18). The number of hydrogen-bond acceptors (Lipinski definition) is 5. The first-order valence-corrected chi connectivity index (χ1v) is 7.12. The second kappa shape index (κ2) is 5.55. The minimum absolute atomic E-state index is 0.0439. The number of nitrogens with one attached hydrogen (secondary N) is 2. The summed E-state index contributed by atoms with van der Waals surface area (Å²) in [6.07, 6.45) is 3.33. The highest BCUT2D eigenvalue weighted by molar-refractivity contribution is 6.33. The maximum Gasteiger partial charge on any atom is 0.271 e. The number of aromatic nitrogens is 1. The summed E-state index contributed by atoms with van der Waals surface area (Å²) in [6.45, 7) is 0.692. The number of rotatable bonds is 4. The van der Waals surface area contributed by atoms with Gasteiger partial charge in [-0.25, -0.2) is 10.8 Å². The molecular weight excluding hydrogens is 280 g/mol. The molecule has 2 aliphatic rings. The van der Waals surface area contributed by atoms with Crippen LogP contribution in [-0.2, 0) is 4.74 Å². The van der Waals surface area contributed by atoms with E-state index in [1.807, 2.05) is 0 Å². The number of hydrogen-bond donors (Lipinski definition) is 3. The molecule has 1 aliphatic carbocycles. The Kier molecular flexibility index (Phi) is 3.78. The van der Waals surface area contributed by atoms with E-state index < -0.39 is 0 Å². The van der Waals surface area contributed by atoms with Gasteiger partial charge in [0.1, 0.15) is 11.5 Å². The summed E-state index contributed by atoms with van der Waals surface area (Å²) in [6, 6.07) is 3.26. The predicted octanol–water partition coefficient (Wildman–Crippen LogP) is 1.32. The van der Waals surface area contributed by atoms with Crippen LogP contribution in [0.25, 0.3) is 0 Å². The fourth-order valence-corrected chi connectivity index (χ4v) is 2.76. The van der Waals surface area contributed by atoms with Crippen LogP contribution in [0.4, 0.5) is 5.82 Å². The maximum absolute atomic E-state index is 12.3. The molecule has 2 heterocycles. The second-order valence-corrected chi connectivity index (χ2v) is 5.62. The van der Waals surface area contributed by atoms with Gasteiger partial charge in [0.2, 0.25) is 0 Å². The molecule has 1 aromatic rings. The van der Waals surface area contributed by atoms with Crippen molar-refractivity contribution in [2.24, 2.45) is 11.8 Å². The first-order chi connectivity index (χ1) is 9.69. The van der Waals surface area contributed by atoms with Gasteiger partial charge in [0, 0.05) is 6.61 Å². The van der Waals surface area contributed by atoms with Crippen LogP contribution >= 0.6 is 11.6 Å². The first kappa shape index (κ1) is 13.6. The fraction of sp³-hybridized carbons (Fsp3) is 0.538. The minimum atomic E-state index is -0.284. The van der Waals surface area contributed by atoms with Crippen LogP contribution in [0.15, 0.2) is 12.1 Å². The van der Waals surface area contributed by atoms with E-state index in [2.05, 4.69) is 15.7 Å². The van der Waals surface area contributed by atoms with Crippen LogP contribution in [0, 0.1) is 5.92 Å². The van der Waals surface area contributed by atoms with Crippen molar-refractivity contribution in [1.29, 1.82) is 0 Å². The second-order valence-electron chi connectivity index (χ2n) is 5.21. The third kappa shape index (κ3) is 2.72. The Labute approximate surface area is 122 Å². The van der Waals surface area contributed by atoms with Gasteiger partial charge in [-0.2, -0.15) is 0 Å². The number of anilines is 1. The number of carbonyl (C=O) groups is 1. The minimum Gasteiger partial charge on any atom is -0.376 e. The zero-order chi connectivity index (χ0) is 14.1. The number of nitrogen functional groups attached to an aromatic ring is 1. The molecule has 0 spiro atoms. The zero-order valence-electron chi connectivity index (χ0n) is 10.9. The lowest BCUT2D eigenvalue weighted by Crippen LogP contribution is -2.41. The van der Waals surface area contributed by atoms with E-state index in [0.717, 1.165) is 6.42 Å². The van der Waals surface area contributed by atoms with Crippen molar-refractivity contribution in [3.05, 3.63) is 22.8 Å². The lowest BCUT2D eigenvalue weighted by atomic mass is 10.1. The molecule has 0 aromatic carbocycles. The normalized spacial score (nSPS) is 25.5. The van der Waals surface area contributed by atoms with Crippen molar-refractivity contribution in [2.45, 2.75) is 31.4 Å². The Morgan fingerprint density at radius 1 is 1.40 bits per heavy atom. The largest absolute Gasteiger partial charge is 0.376 e. The number of amides is 1. The molecule has 108 valence electrons. The zero-order valence-corrected chi connectivity index (χ0v) is 11.7. The van der Waals surface area contributed by atoms with Crippen LogP contribution in [0.1, 0.15) is 29.8 Å². The molecule has 6 nitrogen and oxygen atoms in total. The molecule has 4 N–H and O–H groups in total. The summed E-state index contributed by atoms with van der Waals surface area (Å²) in [5, 5.41) is 3.29. The van der Waals surface area contributed by atoms with Crippen LogP contribution in [0.3, 0.4) is 0 Å². The van der Waals surface area contributed by atoms with Crippen molar-refractivity contribution in [3.63, 3.8) is 0 Å². The molecule has 1 aliphatic heterocycles. The lowest BCUT2D eigenvalue weighted by Gasteiger charge is -2.19. The highest BCUT2D eigenvalue weighted by Gasteiger charge is 2.41. The smallest absolute Gasteiger partial charge is 0.271 e. The van der Waals surface area contributed by atoms with E-state index in [4.69, 9.17) is 22.2 Å². The first-order valence-electron chi connectivity index (χ1n) is 6.74. The summed E-state index contributed by atoms with van der Waals surface area (Å²) in [4.78, 5) is 16.4. The topological polar surface area (TPSA) is 89.3 Å². The molecule has 1 saturated carbocycles. The average molecular weight is 297 g/mol. The van der Waals surface area contributed by atoms with E-state index in [9.17, 15) is 4.79 Å². The number of halogens is 1. The van der Waals surface area contributed by atoms with Gasteiger partial charge in [-0.3, -0.25) is 4.79 Å². The van der Waals surface area contributed by atoms with Gasteiger partial charge in [0.05, 0.1) is 17.2 Å². The van der Waals surface area contributed by atoms with Gasteiger partial charge in [0.25, 0.3) is 5.91 Å². The van der Waals surface area contributed by atoms with Crippen molar-refractivity contribution in [3.8, 4) is 0 Å². The van der Waals surface area contributed by atoms with Crippen LogP contribution < -0.4 is 16.6 Å². The van der Waals surface area contributed by atoms with Gasteiger partial charge in [-0.05, 0) is 37.3 Å². The molecule has 1 saturated heterocycles. The van der Waals surface area contributed by atoms with E-state index in [0.29, 0.717) is 23.4 Å². The van der Waals surface area contributed by atoms with Gasteiger partial charge >= 0.3 is 0 Å². The molecule has 1 amide bonds. The Morgan fingerprint density at radius 3 is 2.90 bits per heavy atom. The Balaban J connectivity index is 1.72. The fourth-order valence-electron chi connectivity index (χ4n) is 2.57. The number of carbonyl (C=O) groups excluding carboxylic acids is 1. The van der Waals surface area contributed by atoms with Gasteiger partial charge in [0.15, 0.2) is 0 Å². The molecule has 2 fully saturated rings.